The van der Waals surface area contributed by atoms with Gasteiger partial charge in [-0.1, -0.05) is 0 Å². The zero-order valence-corrected chi connectivity index (χ0v) is 14.8. The first-order valence-corrected chi connectivity index (χ1v) is 9.00. The molecule has 1 radical (unpaired) electrons. The van der Waals surface area contributed by atoms with E-state index in [1.54, 1.807) is 0 Å². The Bertz CT molecular complexity index is 17.2. The van der Waals surface area contributed by atoms with Crippen molar-refractivity contribution in [2.45, 2.75) is 0 Å². The molecule has 0 unspecified atom stereocenters. The second-order valence-corrected chi connectivity index (χ2v) is 7.35. The van der Waals surface area contributed by atoms with Gasteiger partial charge in [0.2, 0.25) is 0 Å². The van der Waals surface area contributed by atoms with E-state index in [1.165, 1.54) is 39.3 Å². The molecule has 0 atom stereocenters. The van der Waals surface area contributed by atoms with E-state index in [9.17, 15) is 0 Å². The molecule has 0 saturated carbocycles. The van der Waals surface area contributed by atoms with Gasteiger partial charge in [0.25, 0.3) is 0 Å². The van der Waals surface area contributed by atoms with Gasteiger partial charge in [-0.2, -0.15) is 0 Å². The van der Waals surface area contributed by atoms with Crippen LogP contribution in [0.25, 0.3) is 0 Å². The minimum atomic E-state index is 0. The summed E-state index contributed by atoms with van der Waals surface area (Å²) in [6.07, 6.45) is 0. The third-order valence-corrected chi connectivity index (χ3v) is 4.50. The molecule has 0 aromatic carbocycles. The number of hydrogen-bond donors (Lipinski definition) is 0. The minimum absolute atomic E-state index is 0. The minimum Gasteiger partial charge on any atom is -0.709 e. The zero-order valence-electron chi connectivity index (χ0n) is 4.31. The van der Waals surface area contributed by atoms with Gasteiger partial charge in [-0.25, -0.2) is 0 Å². The quantitative estimate of drug-likeness (QED) is 0.402. The van der Waals surface area contributed by atoms with Crippen molar-refractivity contribution in [2.75, 3.05) is 0 Å². The van der Waals surface area contributed by atoms with Gasteiger partial charge in [-0.15, -0.1) is 0 Å². The largest absolute Gasteiger partial charge is 2.00 e. The molecule has 0 spiro atoms. The van der Waals surface area contributed by atoms with E-state index in [1.807, 2.05) is 0 Å². The first-order valence-electron chi connectivity index (χ1n) is 1.00. The maximum absolute atomic E-state index is 4.33. The predicted octanol–water partition coefficient (Wildman–Crippen LogP) is 2.58. The molecule has 0 heterocycles. The van der Waals surface area contributed by atoms with Crippen LogP contribution in [-0.4, -0.2) is 0 Å². The van der Waals surface area contributed by atoms with E-state index in [2.05, 4.69) is 46.6 Å². The second kappa shape index (κ2) is 29.3. The van der Waals surface area contributed by atoms with Gasteiger partial charge >= 0.3 is 36.3 Å². The van der Waals surface area contributed by atoms with Gasteiger partial charge in [0, 0.05) is 0 Å². The van der Waals surface area contributed by atoms with Crippen molar-refractivity contribution in [1.29, 1.82) is 0 Å². The van der Waals surface area contributed by atoms with Crippen LogP contribution in [0.5, 0.6) is 0 Å². The van der Waals surface area contributed by atoms with Crippen molar-refractivity contribution < 1.29 is 36.3 Å². The van der Waals surface area contributed by atoms with Crippen molar-refractivity contribution >= 4 is 85.9 Å². The van der Waals surface area contributed by atoms with Crippen LogP contribution in [0.2, 0.25) is 0 Å². The summed E-state index contributed by atoms with van der Waals surface area (Å²) in [5.74, 6) is 0. The van der Waals surface area contributed by atoms with Crippen LogP contribution >= 0.6 is 39.3 Å². The maximum Gasteiger partial charge on any atom is 2.00 e. The Labute approximate surface area is 120 Å². The first kappa shape index (κ1) is 23.6. The van der Waals surface area contributed by atoms with E-state index < -0.39 is 0 Å². The molecule has 0 fully saturated rings. The summed E-state index contributed by atoms with van der Waals surface area (Å²) in [4.78, 5) is 0. The van der Waals surface area contributed by atoms with E-state index in [-0.39, 0.29) is 36.3 Å². The molecule has 10 heavy (non-hydrogen) atoms. The smallest absolute Gasteiger partial charge is 0.709 e. The van der Waals surface area contributed by atoms with E-state index in [0.717, 1.165) is 0 Å². The third-order valence-electron chi connectivity index (χ3n) is 0.0556. The van der Waals surface area contributed by atoms with Crippen LogP contribution < -0.4 is 0 Å². The number of hydrogen-bond acceptors (Lipinski definition) is 8. The molecule has 0 N–H and O–H groups in total. The molecule has 59 valence electrons. The van der Waals surface area contributed by atoms with Gasteiger partial charge in [0.15, 0.2) is 0 Å². The zero-order chi connectivity index (χ0) is 6.83. The summed E-state index contributed by atoms with van der Waals surface area (Å²) in [5, 5.41) is 0. The summed E-state index contributed by atoms with van der Waals surface area (Å²) in [7, 11) is 4.69. The SMILES string of the molecule is [Co+2].[S-]SS[S-].[S-]SS[S-].[Zn+2]. The van der Waals surface area contributed by atoms with Crippen molar-refractivity contribution in [3.05, 3.63) is 0 Å². The summed E-state index contributed by atoms with van der Waals surface area (Å²) < 4.78 is 0. The Balaban J connectivity index is -0.0000000300. The van der Waals surface area contributed by atoms with Crippen molar-refractivity contribution in [2.24, 2.45) is 0 Å². The predicted molar refractivity (Wildman–Crippen MR) is 59.8 cm³/mol. The molecule has 0 aliphatic heterocycles. The molecular formula is CoS8Zn. The molecule has 0 saturated heterocycles. The maximum atomic E-state index is 4.33. The molecule has 0 amide bonds. The Morgan fingerprint density at radius 3 is 0.700 bits per heavy atom. The van der Waals surface area contributed by atoms with Crippen LogP contribution in [-0.2, 0) is 82.9 Å². The average molecular weight is 381 g/mol. The van der Waals surface area contributed by atoms with Crippen molar-refractivity contribution in [1.82, 2.24) is 0 Å². The number of rotatable bonds is 2. The van der Waals surface area contributed by atoms with Gasteiger partial charge in [-0.05, 0) is 0 Å². The van der Waals surface area contributed by atoms with E-state index in [0.29, 0.717) is 0 Å². The molecule has 0 aliphatic carbocycles. The Kier molecular flexibility index (Phi) is 69.1. The van der Waals surface area contributed by atoms with Crippen LogP contribution in [0, 0.1) is 0 Å². The Hall–Kier alpha value is 3.93. The Morgan fingerprint density at radius 2 is 0.700 bits per heavy atom. The summed E-state index contributed by atoms with van der Waals surface area (Å²) in [6, 6.07) is 0. The second-order valence-electron chi connectivity index (χ2n) is 0.272. The van der Waals surface area contributed by atoms with Gasteiger partial charge < -0.3 is 46.6 Å². The fourth-order valence-electron chi connectivity index (χ4n) is 0. The average Bonchev–Trinajstić information content (AvgIpc) is 1.88. The standard InChI is InChI=1S/Co.2H2S4.Zn/c;2*1-3-4-2;/h;2*1-2H;/q+2;;;+2/p-4. The first-order chi connectivity index (χ1) is 3.83. The van der Waals surface area contributed by atoms with E-state index >= 15 is 0 Å². The van der Waals surface area contributed by atoms with Gasteiger partial charge in [0.1, 0.15) is 0 Å². The normalized spacial score (nSPS) is 6.00. The van der Waals surface area contributed by atoms with Crippen LogP contribution in [0.1, 0.15) is 0 Å². The molecule has 0 aliphatic rings. The van der Waals surface area contributed by atoms with E-state index in [4.69, 9.17) is 0 Å². The van der Waals surface area contributed by atoms with Crippen LogP contribution in [0.3, 0.4) is 0 Å². The molecule has 0 aromatic heterocycles. The van der Waals surface area contributed by atoms with Crippen molar-refractivity contribution in [3.63, 3.8) is 0 Å². The fraction of sp³-hybridized carbons (Fsp3) is 0. The van der Waals surface area contributed by atoms with Gasteiger partial charge in [0.05, 0.1) is 0 Å². The summed E-state index contributed by atoms with van der Waals surface area (Å²) in [6.45, 7) is 0. The molecule has 0 rings (SSSR count). The van der Waals surface area contributed by atoms with Crippen LogP contribution in [0.4, 0.5) is 0 Å². The van der Waals surface area contributed by atoms with Gasteiger partial charge in [-0.3, -0.25) is 39.3 Å². The Morgan fingerprint density at radius 1 is 0.600 bits per heavy atom. The van der Waals surface area contributed by atoms with Crippen molar-refractivity contribution in [3.8, 4) is 0 Å². The summed E-state index contributed by atoms with van der Waals surface area (Å²) in [5.41, 5.74) is 0. The molecule has 0 nitrogen and oxygen atoms in total. The monoisotopic (exact) mass is 379 g/mol. The molecule has 10 heteroatoms. The fourth-order valence-corrected chi connectivity index (χ4v) is 0. The molecule has 0 bridgehead atoms. The van der Waals surface area contributed by atoms with Crippen LogP contribution in [0.15, 0.2) is 0 Å². The third kappa shape index (κ3) is 40.5. The molecule has 0 aromatic rings. The molecular weight excluding hydrogens is 381 g/mol. The summed E-state index contributed by atoms with van der Waals surface area (Å²) >= 11 is 17.3. The topological polar surface area (TPSA) is 0 Å².